The number of carbonyl (C=O) groups excluding carboxylic acids is 1. The van der Waals surface area contributed by atoms with Crippen LogP contribution >= 0.6 is 0 Å². The summed E-state index contributed by atoms with van der Waals surface area (Å²) in [5.41, 5.74) is 0.841. The van der Waals surface area contributed by atoms with Crippen molar-refractivity contribution >= 4 is 5.91 Å². The number of ether oxygens (including phenoxy) is 1. The van der Waals surface area contributed by atoms with Crippen molar-refractivity contribution < 1.29 is 9.53 Å². The van der Waals surface area contributed by atoms with E-state index in [-0.39, 0.29) is 6.04 Å². The average molecular weight is 292 g/mol. The first kappa shape index (κ1) is 14.5. The summed E-state index contributed by atoms with van der Waals surface area (Å²) in [5.74, 6) is 0.942. The van der Waals surface area contributed by atoms with Gasteiger partial charge in [-0.05, 0) is 25.2 Å². The molecule has 0 bridgehead atoms. The van der Waals surface area contributed by atoms with Crippen LogP contribution in [0.1, 0.15) is 50.3 Å². The van der Waals surface area contributed by atoms with Crippen LogP contribution < -0.4 is 0 Å². The number of aromatic nitrogens is 3. The quantitative estimate of drug-likeness (QED) is 0.830. The molecule has 21 heavy (non-hydrogen) atoms. The van der Waals surface area contributed by atoms with E-state index in [1.54, 1.807) is 7.11 Å². The van der Waals surface area contributed by atoms with Crippen molar-refractivity contribution in [2.45, 2.75) is 51.2 Å². The molecule has 116 valence electrons. The summed E-state index contributed by atoms with van der Waals surface area (Å²) in [6.45, 7) is 2.09. The molecule has 1 atom stereocenters. The number of methoxy groups -OCH3 is 1. The Labute approximate surface area is 125 Å². The molecule has 0 aromatic carbocycles. The number of hydrogen-bond donors (Lipinski definition) is 0. The standard InChI is InChI=1S/C15H24N4O2/c1-21-11-13-9-19(17-16-13)14-6-7-18(10-14)15(20)8-12-4-2-3-5-12/h9,12,14H,2-8,10-11H2,1H3. The second-order valence-corrected chi connectivity index (χ2v) is 6.26. The highest BCUT2D eigenvalue weighted by Gasteiger charge is 2.30. The highest BCUT2D eigenvalue weighted by Crippen LogP contribution is 2.29. The second kappa shape index (κ2) is 6.56. The molecule has 1 saturated carbocycles. The molecule has 3 rings (SSSR count). The van der Waals surface area contributed by atoms with E-state index in [0.29, 0.717) is 18.4 Å². The van der Waals surface area contributed by atoms with Gasteiger partial charge in [0, 0.05) is 26.6 Å². The van der Waals surface area contributed by atoms with Crippen molar-refractivity contribution in [1.29, 1.82) is 0 Å². The molecule has 6 nitrogen and oxygen atoms in total. The molecule has 1 unspecified atom stereocenters. The highest BCUT2D eigenvalue weighted by atomic mass is 16.5. The van der Waals surface area contributed by atoms with Gasteiger partial charge < -0.3 is 9.64 Å². The Morgan fingerprint density at radius 1 is 1.38 bits per heavy atom. The van der Waals surface area contributed by atoms with Crippen LogP contribution in [0.3, 0.4) is 0 Å². The fraction of sp³-hybridized carbons (Fsp3) is 0.800. The third-order valence-electron chi connectivity index (χ3n) is 4.68. The Kier molecular flexibility index (Phi) is 4.53. The van der Waals surface area contributed by atoms with Crippen LogP contribution in [-0.4, -0.2) is 46.0 Å². The lowest BCUT2D eigenvalue weighted by atomic mass is 10.0. The lowest BCUT2D eigenvalue weighted by molar-refractivity contribution is -0.131. The van der Waals surface area contributed by atoms with Crippen molar-refractivity contribution in [1.82, 2.24) is 19.9 Å². The molecule has 0 spiro atoms. The van der Waals surface area contributed by atoms with E-state index in [2.05, 4.69) is 10.3 Å². The van der Waals surface area contributed by atoms with Crippen molar-refractivity contribution in [2.75, 3.05) is 20.2 Å². The van der Waals surface area contributed by atoms with Gasteiger partial charge in [-0.15, -0.1) is 5.10 Å². The summed E-state index contributed by atoms with van der Waals surface area (Å²) in [6, 6.07) is 0.260. The molecular formula is C15H24N4O2. The van der Waals surface area contributed by atoms with Gasteiger partial charge in [0.1, 0.15) is 5.69 Å². The zero-order chi connectivity index (χ0) is 14.7. The summed E-state index contributed by atoms with van der Waals surface area (Å²) < 4.78 is 6.94. The smallest absolute Gasteiger partial charge is 0.222 e. The van der Waals surface area contributed by atoms with E-state index < -0.39 is 0 Å². The zero-order valence-electron chi connectivity index (χ0n) is 12.7. The molecule has 1 saturated heterocycles. The SMILES string of the molecule is COCc1cn(C2CCN(C(=O)CC3CCCC3)C2)nn1. The Balaban J connectivity index is 1.52. The molecular weight excluding hydrogens is 268 g/mol. The normalized spacial score (nSPS) is 23.1. The maximum absolute atomic E-state index is 12.3. The molecule has 1 aromatic rings. The van der Waals surface area contributed by atoms with Gasteiger partial charge in [0.2, 0.25) is 5.91 Å². The van der Waals surface area contributed by atoms with Gasteiger partial charge in [-0.1, -0.05) is 18.1 Å². The molecule has 1 amide bonds. The monoisotopic (exact) mass is 292 g/mol. The number of carbonyl (C=O) groups is 1. The average Bonchev–Trinajstić information content (AvgIpc) is 3.20. The van der Waals surface area contributed by atoms with Gasteiger partial charge in [0.25, 0.3) is 0 Å². The van der Waals surface area contributed by atoms with Gasteiger partial charge in [-0.3, -0.25) is 4.79 Å². The lowest BCUT2D eigenvalue weighted by Gasteiger charge is -2.18. The van der Waals surface area contributed by atoms with Crippen LogP contribution in [0.2, 0.25) is 0 Å². The summed E-state index contributed by atoms with van der Waals surface area (Å²) >= 11 is 0. The number of likely N-dealkylation sites (tertiary alicyclic amines) is 1. The van der Waals surface area contributed by atoms with Crippen molar-refractivity contribution in [3.05, 3.63) is 11.9 Å². The predicted octanol–water partition coefficient (Wildman–Crippen LogP) is 1.78. The largest absolute Gasteiger partial charge is 0.378 e. The Morgan fingerprint density at radius 2 is 2.19 bits per heavy atom. The minimum atomic E-state index is 0.260. The van der Waals surface area contributed by atoms with Crippen LogP contribution in [0.25, 0.3) is 0 Å². The molecule has 1 aliphatic heterocycles. The molecule has 0 N–H and O–H groups in total. The Bertz CT molecular complexity index is 482. The van der Waals surface area contributed by atoms with E-state index in [1.807, 2.05) is 15.8 Å². The lowest BCUT2D eigenvalue weighted by Crippen LogP contribution is -2.30. The maximum atomic E-state index is 12.3. The first-order chi connectivity index (χ1) is 10.3. The summed E-state index contributed by atoms with van der Waals surface area (Å²) in [6.07, 6.45) is 8.67. The first-order valence-corrected chi connectivity index (χ1v) is 7.93. The maximum Gasteiger partial charge on any atom is 0.222 e. The summed E-state index contributed by atoms with van der Waals surface area (Å²) in [5, 5.41) is 8.25. The van der Waals surface area contributed by atoms with Crippen LogP contribution in [0.5, 0.6) is 0 Å². The molecule has 2 heterocycles. The fourth-order valence-corrected chi connectivity index (χ4v) is 3.48. The number of rotatable bonds is 5. The van der Waals surface area contributed by atoms with E-state index in [0.717, 1.165) is 31.6 Å². The molecule has 2 aliphatic rings. The predicted molar refractivity (Wildman–Crippen MR) is 77.5 cm³/mol. The zero-order valence-corrected chi connectivity index (χ0v) is 12.7. The minimum absolute atomic E-state index is 0.260. The third kappa shape index (κ3) is 3.43. The fourth-order valence-electron chi connectivity index (χ4n) is 3.48. The van der Waals surface area contributed by atoms with E-state index >= 15 is 0 Å². The third-order valence-corrected chi connectivity index (χ3v) is 4.68. The Hall–Kier alpha value is -1.43. The van der Waals surface area contributed by atoms with Crippen molar-refractivity contribution in [3.63, 3.8) is 0 Å². The molecule has 1 aromatic heterocycles. The second-order valence-electron chi connectivity index (χ2n) is 6.26. The van der Waals surface area contributed by atoms with Gasteiger partial charge in [-0.2, -0.15) is 0 Å². The minimum Gasteiger partial charge on any atom is -0.378 e. The van der Waals surface area contributed by atoms with E-state index in [4.69, 9.17) is 4.74 Å². The number of nitrogens with zero attached hydrogens (tertiary/aromatic N) is 4. The van der Waals surface area contributed by atoms with Crippen LogP contribution in [0.4, 0.5) is 0 Å². The van der Waals surface area contributed by atoms with Gasteiger partial charge in [-0.25, -0.2) is 4.68 Å². The van der Waals surface area contributed by atoms with Crippen molar-refractivity contribution in [3.8, 4) is 0 Å². The Morgan fingerprint density at radius 3 is 2.95 bits per heavy atom. The molecule has 2 fully saturated rings. The molecule has 6 heteroatoms. The van der Waals surface area contributed by atoms with Crippen LogP contribution in [0.15, 0.2) is 6.20 Å². The van der Waals surface area contributed by atoms with E-state index in [1.165, 1.54) is 25.7 Å². The van der Waals surface area contributed by atoms with Gasteiger partial charge >= 0.3 is 0 Å². The number of amides is 1. The summed E-state index contributed by atoms with van der Waals surface area (Å²) in [7, 11) is 1.65. The number of hydrogen-bond acceptors (Lipinski definition) is 4. The van der Waals surface area contributed by atoms with Crippen molar-refractivity contribution in [2.24, 2.45) is 5.92 Å². The van der Waals surface area contributed by atoms with Crippen LogP contribution in [-0.2, 0) is 16.1 Å². The molecule has 1 aliphatic carbocycles. The first-order valence-electron chi connectivity index (χ1n) is 7.93. The molecule has 0 radical (unpaired) electrons. The van der Waals surface area contributed by atoms with E-state index in [9.17, 15) is 4.79 Å². The van der Waals surface area contributed by atoms with Crippen LogP contribution in [0, 0.1) is 5.92 Å². The van der Waals surface area contributed by atoms with Gasteiger partial charge in [0.15, 0.2) is 0 Å². The summed E-state index contributed by atoms with van der Waals surface area (Å²) in [4.78, 5) is 14.3. The highest BCUT2D eigenvalue weighted by molar-refractivity contribution is 5.76. The topological polar surface area (TPSA) is 60.2 Å². The van der Waals surface area contributed by atoms with Gasteiger partial charge in [0.05, 0.1) is 18.8 Å².